The van der Waals surface area contributed by atoms with Gasteiger partial charge < -0.3 is 5.11 Å². The molecule has 0 fully saturated rings. The van der Waals surface area contributed by atoms with Gasteiger partial charge in [-0.05, 0) is 54.4 Å². The van der Waals surface area contributed by atoms with Crippen LogP contribution in [0.5, 0.6) is 5.75 Å². The Labute approximate surface area is 114 Å². The molecule has 0 aromatic heterocycles. The zero-order chi connectivity index (χ0) is 12.3. The van der Waals surface area contributed by atoms with Gasteiger partial charge in [0, 0.05) is 14.3 Å². The van der Waals surface area contributed by atoms with Crippen molar-refractivity contribution in [2.45, 2.75) is 23.1 Å². The molecule has 0 radical (unpaired) electrons. The number of hydrogen-bond acceptors (Lipinski definition) is 2. The highest BCUT2D eigenvalue weighted by molar-refractivity contribution is 9.10. The molecule has 2 aromatic carbocycles. The Morgan fingerprint density at radius 2 is 1.71 bits per heavy atom. The number of halogens is 1. The van der Waals surface area contributed by atoms with Crippen LogP contribution in [0.1, 0.15) is 12.5 Å². The Morgan fingerprint density at radius 1 is 1.06 bits per heavy atom. The Morgan fingerprint density at radius 3 is 2.35 bits per heavy atom. The molecule has 0 aliphatic heterocycles. The predicted molar refractivity (Wildman–Crippen MR) is 75.7 cm³/mol. The fourth-order valence-corrected chi connectivity index (χ4v) is 2.69. The molecule has 0 atom stereocenters. The molecule has 0 aliphatic carbocycles. The third kappa shape index (κ3) is 3.27. The highest BCUT2D eigenvalue weighted by Crippen LogP contribution is 2.31. The lowest BCUT2D eigenvalue weighted by Crippen LogP contribution is -1.82. The SMILES string of the molecule is CCc1cc(Sc2ccc(Br)cc2)ccc1O. The maximum atomic E-state index is 9.62. The van der Waals surface area contributed by atoms with Crippen LogP contribution in [0.25, 0.3) is 0 Å². The third-order valence-electron chi connectivity index (χ3n) is 2.48. The topological polar surface area (TPSA) is 20.2 Å². The molecule has 3 heteroatoms. The van der Waals surface area contributed by atoms with Crippen LogP contribution in [-0.2, 0) is 6.42 Å². The maximum Gasteiger partial charge on any atom is 0.118 e. The van der Waals surface area contributed by atoms with Gasteiger partial charge in [0.2, 0.25) is 0 Å². The van der Waals surface area contributed by atoms with Crippen LogP contribution >= 0.6 is 27.7 Å². The largest absolute Gasteiger partial charge is 0.508 e. The molecule has 1 N–H and O–H groups in total. The van der Waals surface area contributed by atoms with E-state index < -0.39 is 0 Å². The molecule has 0 saturated heterocycles. The van der Waals surface area contributed by atoms with E-state index in [1.54, 1.807) is 17.8 Å². The van der Waals surface area contributed by atoms with Crippen LogP contribution in [0, 0.1) is 0 Å². The van der Waals surface area contributed by atoms with Crippen LogP contribution in [-0.4, -0.2) is 5.11 Å². The number of phenolic OH excluding ortho intramolecular Hbond substituents is 1. The normalized spacial score (nSPS) is 10.5. The van der Waals surface area contributed by atoms with Crippen molar-refractivity contribution < 1.29 is 5.11 Å². The first-order valence-electron chi connectivity index (χ1n) is 5.44. The van der Waals surface area contributed by atoms with Crippen LogP contribution < -0.4 is 0 Å². The summed E-state index contributed by atoms with van der Waals surface area (Å²) in [5, 5.41) is 9.62. The van der Waals surface area contributed by atoms with Crippen LogP contribution in [0.15, 0.2) is 56.7 Å². The molecule has 17 heavy (non-hydrogen) atoms. The summed E-state index contributed by atoms with van der Waals surface area (Å²) in [7, 11) is 0. The summed E-state index contributed by atoms with van der Waals surface area (Å²) in [5.74, 6) is 0.382. The molecule has 0 spiro atoms. The number of rotatable bonds is 3. The summed E-state index contributed by atoms with van der Waals surface area (Å²) in [4.78, 5) is 2.35. The lowest BCUT2D eigenvalue weighted by molar-refractivity contribution is 0.468. The molecule has 2 aromatic rings. The molecule has 0 bridgehead atoms. The zero-order valence-electron chi connectivity index (χ0n) is 9.48. The van der Waals surface area contributed by atoms with E-state index in [1.807, 2.05) is 31.2 Å². The zero-order valence-corrected chi connectivity index (χ0v) is 11.9. The lowest BCUT2D eigenvalue weighted by atomic mass is 10.1. The molecule has 0 unspecified atom stereocenters. The lowest BCUT2D eigenvalue weighted by Gasteiger charge is -2.06. The van der Waals surface area contributed by atoms with Gasteiger partial charge in [-0.25, -0.2) is 0 Å². The first-order chi connectivity index (χ1) is 8.19. The Kier molecular flexibility index (Phi) is 4.13. The summed E-state index contributed by atoms with van der Waals surface area (Å²) >= 11 is 5.12. The number of hydrogen-bond donors (Lipinski definition) is 1. The minimum atomic E-state index is 0.382. The second-order valence-corrected chi connectivity index (χ2v) is 5.76. The fourth-order valence-electron chi connectivity index (χ4n) is 1.55. The molecular formula is C14H13BrOS. The first kappa shape index (κ1) is 12.5. The molecule has 0 amide bonds. The van der Waals surface area contributed by atoms with Gasteiger partial charge in [-0.2, -0.15) is 0 Å². The molecule has 88 valence electrons. The van der Waals surface area contributed by atoms with Gasteiger partial charge in [0.15, 0.2) is 0 Å². The van der Waals surface area contributed by atoms with Crippen LogP contribution in [0.3, 0.4) is 0 Å². The molecular weight excluding hydrogens is 296 g/mol. The fraction of sp³-hybridized carbons (Fsp3) is 0.143. The van der Waals surface area contributed by atoms with E-state index in [4.69, 9.17) is 0 Å². The van der Waals surface area contributed by atoms with Gasteiger partial charge in [0.1, 0.15) is 5.75 Å². The first-order valence-corrected chi connectivity index (χ1v) is 7.05. The van der Waals surface area contributed by atoms with E-state index in [0.717, 1.165) is 21.4 Å². The van der Waals surface area contributed by atoms with Crippen molar-refractivity contribution in [3.8, 4) is 5.75 Å². The van der Waals surface area contributed by atoms with Crippen molar-refractivity contribution in [2.24, 2.45) is 0 Å². The number of benzene rings is 2. The number of aromatic hydroxyl groups is 1. The van der Waals surface area contributed by atoms with E-state index in [-0.39, 0.29) is 0 Å². The number of phenols is 1. The van der Waals surface area contributed by atoms with E-state index in [1.165, 1.54) is 4.90 Å². The maximum absolute atomic E-state index is 9.62. The Hall–Kier alpha value is -0.930. The number of aryl methyl sites for hydroxylation is 1. The second-order valence-electron chi connectivity index (χ2n) is 3.70. The van der Waals surface area contributed by atoms with Gasteiger partial charge in [0.25, 0.3) is 0 Å². The smallest absolute Gasteiger partial charge is 0.118 e. The summed E-state index contributed by atoms with van der Waals surface area (Å²) in [6, 6.07) is 14.0. The van der Waals surface area contributed by atoms with Crippen molar-refractivity contribution in [3.63, 3.8) is 0 Å². The molecule has 2 rings (SSSR count). The van der Waals surface area contributed by atoms with Gasteiger partial charge in [-0.1, -0.05) is 34.6 Å². The molecule has 0 saturated carbocycles. The average molecular weight is 309 g/mol. The van der Waals surface area contributed by atoms with Crippen molar-refractivity contribution in [2.75, 3.05) is 0 Å². The van der Waals surface area contributed by atoms with Gasteiger partial charge in [-0.15, -0.1) is 0 Å². The standard InChI is InChI=1S/C14H13BrOS/c1-2-10-9-13(7-8-14(10)16)17-12-5-3-11(15)4-6-12/h3-9,16H,2H2,1H3. The van der Waals surface area contributed by atoms with E-state index in [2.05, 4.69) is 28.1 Å². The summed E-state index contributed by atoms with van der Waals surface area (Å²) in [5.41, 5.74) is 0.993. The minimum absolute atomic E-state index is 0.382. The summed E-state index contributed by atoms with van der Waals surface area (Å²) < 4.78 is 1.09. The van der Waals surface area contributed by atoms with Gasteiger partial charge in [-0.3, -0.25) is 0 Å². The van der Waals surface area contributed by atoms with Crippen molar-refractivity contribution in [3.05, 3.63) is 52.5 Å². The minimum Gasteiger partial charge on any atom is -0.508 e. The van der Waals surface area contributed by atoms with Crippen LogP contribution in [0.4, 0.5) is 0 Å². The van der Waals surface area contributed by atoms with Crippen molar-refractivity contribution in [1.29, 1.82) is 0 Å². The monoisotopic (exact) mass is 308 g/mol. The molecule has 1 nitrogen and oxygen atoms in total. The molecule has 0 aliphatic rings. The van der Waals surface area contributed by atoms with Crippen molar-refractivity contribution in [1.82, 2.24) is 0 Å². The quantitative estimate of drug-likeness (QED) is 0.873. The molecule has 0 heterocycles. The van der Waals surface area contributed by atoms with E-state index in [0.29, 0.717) is 5.75 Å². The highest BCUT2D eigenvalue weighted by atomic mass is 79.9. The predicted octanol–water partition coefficient (Wildman–Crippen LogP) is 4.87. The summed E-state index contributed by atoms with van der Waals surface area (Å²) in [6.45, 7) is 2.04. The van der Waals surface area contributed by atoms with Crippen LogP contribution in [0.2, 0.25) is 0 Å². The van der Waals surface area contributed by atoms with E-state index in [9.17, 15) is 5.11 Å². The average Bonchev–Trinajstić information content (AvgIpc) is 2.34. The Bertz CT molecular complexity index is 508. The van der Waals surface area contributed by atoms with Gasteiger partial charge >= 0.3 is 0 Å². The van der Waals surface area contributed by atoms with E-state index >= 15 is 0 Å². The summed E-state index contributed by atoms with van der Waals surface area (Å²) in [6.07, 6.45) is 0.848. The highest BCUT2D eigenvalue weighted by Gasteiger charge is 2.02. The van der Waals surface area contributed by atoms with Gasteiger partial charge in [0.05, 0.1) is 0 Å². The third-order valence-corrected chi connectivity index (χ3v) is 4.01. The Balaban J connectivity index is 2.21. The van der Waals surface area contributed by atoms with Crippen molar-refractivity contribution >= 4 is 27.7 Å². The second kappa shape index (κ2) is 5.61.